The van der Waals surface area contributed by atoms with Crippen LogP contribution in [-0.4, -0.2) is 59.6 Å². The molecule has 0 spiro atoms. The van der Waals surface area contributed by atoms with Crippen molar-refractivity contribution < 1.29 is 14.7 Å². The smallest absolute Gasteiger partial charge is 0.321 e. The molecule has 0 aromatic heterocycles. The normalized spacial score (nSPS) is 14.2. The number of carboxylic acid groups (broad SMARTS) is 1. The topological polar surface area (TPSA) is 72.9 Å². The molecule has 0 aliphatic carbocycles. The average molecular weight is 391 g/mol. The molecule has 1 heterocycles. The van der Waals surface area contributed by atoms with Crippen LogP contribution in [-0.2, 0) is 4.79 Å². The van der Waals surface area contributed by atoms with Gasteiger partial charge in [-0.15, -0.1) is 0 Å². The highest BCUT2D eigenvalue weighted by molar-refractivity contribution is 5.91. The van der Waals surface area contributed by atoms with Crippen molar-refractivity contribution in [3.63, 3.8) is 0 Å². The van der Waals surface area contributed by atoms with E-state index in [1.165, 1.54) is 0 Å². The van der Waals surface area contributed by atoms with Crippen LogP contribution < -0.4 is 5.32 Å². The summed E-state index contributed by atoms with van der Waals surface area (Å²) in [6.45, 7) is 1.21. The van der Waals surface area contributed by atoms with E-state index >= 15 is 0 Å². The Balaban J connectivity index is 1.61. The zero-order chi connectivity index (χ0) is 20.6. The van der Waals surface area contributed by atoms with Gasteiger partial charge < -0.3 is 15.3 Å². The molecule has 0 atom stereocenters. The van der Waals surface area contributed by atoms with Crippen LogP contribution in [0.3, 0.4) is 0 Å². The number of amides is 2. The number of benzene rings is 2. The molecule has 1 aliphatic heterocycles. The molecule has 0 radical (unpaired) electrons. The lowest BCUT2D eigenvalue weighted by atomic mass is 10.0. The molecule has 2 aromatic rings. The van der Waals surface area contributed by atoms with E-state index in [0.29, 0.717) is 18.8 Å². The Morgan fingerprint density at radius 1 is 1.07 bits per heavy atom. The fourth-order valence-electron chi connectivity index (χ4n) is 3.41. The van der Waals surface area contributed by atoms with Gasteiger partial charge in [0.1, 0.15) is 0 Å². The Morgan fingerprint density at radius 3 is 2.41 bits per heavy atom. The van der Waals surface area contributed by atoms with Crippen LogP contribution in [0.1, 0.15) is 24.0 Å². The maximum absolute atomic E-state index is 12.7. The summed E-state index contributed by atoms with van der Waals surface area (Å²) in [5.41, 5.74) is 2.37. The minimum Gasteiger partial charge on any atom is -0.480 e. The molecule has 1 fully saturated rings. The van der Waals surface area contributed by atoms with Gasteiger partial charge in [-0.25, -0.2) is 4.79 Å². The molecule has 3 rings (SSSR count). The van der Waals surface area contributed by atoms with Gasteiger partial charge in [0.05, 0.1) is 12.2 Å². The molecule has 2 N–H and O–H groups in total. The second-order valence-electron chi connectivity index (χ2n) is 7.12. The number of carboxylic acids is 1. The number of aliphatic carboxylic acids is 1. The van der Waals surface area contributed by atoms with Crippen LogP contribution >= 0.6 is 0 Å². The summed E-state index contributed by atoms with van der Waals surface area (Å²) in [4.78, 5) is 27.2. The predicted octanol–water partition coefficient (Wildman–Crippen LogP) is 3.10. The molecule has 2 aromatic carbocycles. The summed E-state index contributed by atoms with van der Waals surface area (Å²) in [7, 11) is 1.82. The van der Waals surface area contributed by atoms with Gasteiger partial charge in [-0.2, -0.15) is 0 Å². The summed E-state index contributed by atoms with van der Waals surface area (Å²) < 4.78 is 0. The van der Waals surface area contributed by atoms with E-state index in [4.69, 9.17) is 5.11 Å². The second kappa shape index (κ2) is 9.76. The number of para-hydroxylation sites is 1. The highest BCUT2D eigenvalue weighted by atomic mass is 16.4. The van der Waals surface area contributed by atoms with Crippen molar-refractivity contribution in [1.29, 1.82) is 0 Å². The molecule has 6 nitrogen and oxygen atoms in total. The monoisotopic (exact) mass is 391 g/mol. The van der Waals surface area contributed by atoms with E-state index in [9.17, 15) is 9.59 Å². The average Bonchev–Trinajstić information content (AvgIpc) is 2.73. The van der Waals surface area contributed by atoms with Crippen LogP contribution in [0.25, 0.3) is 0 Å². The molecule has 1 saturated heterocycles. The standard InChI is InChI=1S/C23H25N3O3/c1-25(17-22(27)28)20-13-15-26(16-14-20)23(29)24-21-10-6-5-9-19(21)12-11-18-7-3-2-4-8-18/h2-10,20H,13-17H2,1H3,(H,24,29)(H,27,28). The lowest BCUT2D eigenvalue weighted by Gasteiger charge is -2.36. The molecule has 29 heavy (non-hydrogen) atoms. The van der Waals surface area contributed by atoms with Crippen LogP contribution in [0.2, 0.25) is 0 Å². The number of likely N-dealkylation sites (tertiary alicyclic amines) is 1. The number of carbonyl (C=O) groups is 2. The first-order valence-corrected chi connectivity index (χ1v) is 9.67. The highest BCUT2D eigenvalue weighted by Crippen LogP contribution is 2.19. The van der Waals surface area contributed by atoms with Gasteiger partial charge in [0, 0.05) is 30.3 Å². The minimum atomic E-state index is -0.833. The minimum absolute atomic E-state index is 0.0182. The Kier molecular flexibility index (Phi) is 6.88. The molecule has 1 aliphatic rings. The summed E-state index contributed by atoms with van der Waals surface area (Å²) in [6, 6.07) is 17.2. The van der Waals surface area contributed by atoms with Crippen molar-refractivity contribution in [2.45, 2.75) is 18.9 Å². The first kappa shape index (κ1) is 20.4. The lowest BCUT2D eigenvalue weighted by molar-refractivity contribution is -0.138. The Bertz CT molecular complexity index is 910. The lowest BCUT2D eigenvalue weighted by Crippen LogP contribution is -2.47. The molecule has 0 bridgehead atoms. The number of anilines is 1. The molecule has 150 valence electrons. The summed E-state index contributed by atoms with van der Waals surface area (Å²) in [5, 5.41) is 11.9. The van der Waals surface area contributed by atoms with Gasteiger partial charge in [0.15, 0.2) is 0 Å². The Hall–Kier alpha value is -3.30. The number of nitrogens with zero attached hydrogens (tertiary/aromatic N) is 2. The van der Waals surface area contributed by atoms with Gasteiger partial charge >= 0.3 is 12.0 Å². The number of hydrogen-bond donors (Lipinski definition) is 2. The molecule has 0 unspecified atom stereocenters. The molecule has 6 heteroatoms. The van der Waals surface area contributed by atoms with Gasteiger partial charge in [-0.3, -0.25) is 9.69 Å². The van der Waals surface area contributed by atoms with E-state index in [-0.39, 0.29) is 18.6 Å². The van der Waals surface area contributed by atoms with Gasteiger partial charge in [0.2, 0.25) is 0 Å². The van der Waals surface area contributed by atoms with Crippen molar-refractivity contribution in [3.8, 4) is 11.8 Å². The third-order valence-electron chi connectivity index (χ3n) is 5.04. The number of urea groups is 1. The van der Waals surface area contributed by atoms with Crippen LogP contribution in [0.15, 0.2) is 54.6 Å². The summed E-state index contributed by atoms with van der Waals surface area (Å²) >= 11 is 0. The maximum atomic E-state index is 12.7. The van der Waals surface area contributed by atoms with Crippen LogP contribution in [0.5, 0.6) is 0 Å². The highest BCUT2D eigenvalue weighted by Gasteiger charge is 2.26. The molecular formula is C23H25N3O3. The molecule has 0 saturated carbocycles. The van der Waals surface area contributed by atoms with E-state index in [1.54, 1.807) is 4.90 Å². The van der Waals surface area contributed by atoms with Crippen LogP contribution in [0.4, 0.5) is 10.5 Å². The molecule has 2 amide bonds. The quantitative estimate of drug-likeness (QED) is 0.786. The van der Waals surface area contributed by atoms with Gasteiger partial charge in [0.25, 0.3) is 0 Å². The SMILES string of the molecule is CN(CC(=O)O)C1CCN(C(=O)Nc2ccccc2C#Cc2ccccc2)CC1. The number of rotatable bonds is 4. The van der Waals surface area contributed by atoms with E-state index in [0.717, 1.165) is 24.0 Å². The third kappa shape index (κ3) is 5.84. The number of likely N-dealkylation sites (N-methyl/N-ethyl adjacent to an activating group) is 1. The van der Waals surface area contributed by atoms with Gasteiger partial charge in [-0.1, -0.05) is 42.2 Å². The van der Waals surface area contributed by atoms with Crippen molar-refractivity contribution in [2.75, 3.05) is 32.0 Å². The Labute approximate surface area is 171 Å². The second-order valence-corrected chi connectivity index (χ2v) is 7.12. The van der Waals surface area contributed by atoms with Crippen molar-refractivity contribution in [3.05, 3.63) is 65.7 Å². The predicted molar refractivity (Wildman–Crippen MR) is 113 cm³/mol. The van der Waals surface area contributed by atoms with E-state index in [1.807, 2.05) is 66.5 Å². The number of nitrogens with one attached hydrogen (secondary N) is 1. The van der Waals surface area contributed by atoms with Crippen molar-refractivity contribution in [1.82, 2.24) is 9.80 Å². The zero-order valence-corrected chi connectivity index (χ0v) is 16.5. The van der Waals surface area contributed by atoms with E-state index in [2.05, 4.69) is 17.2 Å². The summed E-state index contributed by atoms with van der Waals surface area (Å²) in [5.74, 6) is 5.42. The maximum Gasteiger partial charge on any atom is 0.321 e. The van der Waals surface area contributed by atoms with Crippen LogP contribution in [0, 0.1) is 11.8 Å². The fourth-order valence-corrected chi connectivity index (χ4v) is 3.41. The number of piperidine rings is 1. The Morgan fingerprint density at radius 2 is 1.72 bits per heavy atom. The largest absolute Gasteiger partial charge is 0.480 e. The van der Waals surface area contributed by atoms with Crippen molar-refractivity contribution in [2.24, 2.45) is 0 Å². The number of hydrogen-bond acceptors (Lipinski definition) is 3. The number of carbonyl (C=O) groups excluding carboxylic acids is 1. The molecular weight excluding hydrogens is 366 g/mol. The third-order valence-corrected chi connectivity index (χ3v) is 5.04. The zero-order valence-electron chi connectivity index (χ0n) is 16.5. The fraction of sp³-hybridized carbons (Fsp3) is 0.304. The first-order valence-electron chi connectivity index (χ1n) is 9.67. The van der Waals surface area contributed by atoms with Gasteiger partial charge in [-0.05, 0) is 44.2 Å². The van der Waals surface area contributed by atoms with Crippen molar-refractivity contribution >= 4 is 17.7 Å². The summed E-state index contributed by atoms with van der Waals surface area (Å²) in [6.07, 6.45) is 1.51. The first-order chi connectivity index (χ1) is 14.0. The van der Waals surface area contributed by atoms with E-state index < -0.39 is 5.97 Å².